The maximum absolute atomic E-state index is 11.7. The molecule has 2 rings (SSSR count). The molecular weight excluding hydrogens is 240 g/mol. The summed E-state index contributed by atoms with van der Waals surface area (Å²) in [6.07, 6.45) is 0.103. The molecule has 1 aromatic rings. The third kappa shape index (κ3) is 2.77. The first kappa shape index (κ1) is 12.4. The number of carbonyl (C=O) groups excluding carboxylic acids is 1. The second kappa shape index (κ2) is 4.64. The van der Waals surface area contributed by atoms with Crippen molar-refractivity contribution in [2.24, 2.45) is 0 Å². The lowest BCUT2D eigenvalue weighted by molar-refractivity contribution is -0.123. The van der Waals surface area contributed by atoms with Crippen LogP contribution in [0.5, 0.6) is 0 Å². The van der Waals surface area contributed by atoms with Crippen molar-refractivity contribution >= 4 is 23.2 Å². The second-order valence-electron chi connectivity index (χ2n) is 4.47. The van der Waals surface area contributed by atoms with Crippen LogP contribution in [0.4, 0.5) is 5.69 Å². The van der Waals surface area contributed by atoms with Gasteiger partial charge in [0.1, 0.15) is 0 Å². The summed E-state index contributed by atoms with van der Waals surface area (Å²) in [5.74, 6) is -0.195. The third-order valence-corrected chi connectivity index (χ3v) is 3.35. The van der Waals surface area contributed by atoms with Gasteiger partial charge >= 0.3 is 0 Å². The van der Waals surface area contributed by atoms with Crippen LogP contribution in [0.25, 0.3) is 0 Å². The maximum Gasteiger partial charge on any atom is 0.227 e. The molecule has 1 saturated heterocycles. The van der Waals surface area contributed by atoms with E-state index in [1.807, 2.05) is 6.92 Å². The highest BCUT2D eigenvalue weighted by Gasteiger charge is 2.36. The van der Waals surface area contributed by atoms with E-state index in [1.54, 1.807) is 18.2 Å². The Morgan fingerprint density at radius 2 is 2.29 bits per heavy atom. The van der Waals surface area contributed by atoms with E-state index < -0.39 is 5.60 Å². The Balaban J connectivity index is 2.00. The number of anilines is 1. The minimum atomic E-state index is -0.892. The highest BCUT2D eigenvalue weighted by molar-refractivity contribution is 6.31. The lowest BCUT2D eigenvalue weighted by Crippen LogP contribution is -2.60. The van der Waals surface area contributed by atoms with Crippen molar-refractivity contribution in [1.29, 1.82) is 0 Å². The molecule has 0 radical (unpaired) electrons. The molecular formula is C12H15ClN2O2. The number of nitrogens with one attached hydrogen (secondary N) is 2. The summed E-state index contributed by atoms with van der Waals surface area (Å²) < 4.78 is 0. The molecule has 0 saturated carbocycles. The molecule has 1 amide bonds. The molecule has 92 valence electrons. The average Bonchev–Trinajstić information content (AvgIpc) is 2.22. The van der Waals surface area contributed by atoms with Gasteiger partial charge in [-0.3, -0.25) is 4.79 Å². The van der Waals surface area contributed by atoms with Crippen molar-refractivity contribution < 1.29 is 9.90 Å². The molecule has 0 atom stereocenters. The molecule has 17 heavy (non-hydrogen) atoms. The number of aliphatic hydroxyl groups is 1. The van der Waals surface area contributed by atoms with E-state index in [0.29, 0.717) is 23.8 Å². The van der Waals surface area contributed by atoms with Crippen molar-refractivity contribution in [3.63, 3.8) is 0 Å². The highest BCUT2D eigenvalue weighted by atomic mass is 35.5. The molecule has 3 N–H and O–H groups in total. The van der Waals surface area contributed by atoms with Gasteiger partial charge in [0.15, 0.2) is 0 Å². The Morgan fingerprint density at radius 3 is 2.88 bits per heavy atom. The maximum atomic E-state index is 11.7. The summed E-state index contributed by atoms with van der Waals surface area (Å²) in [4.78, 5) is 11.7. The number of hydrogen-bond acceptors (Lipinski definition) is 3. The van der Waals surface area contributed by atoms with Gasteiger partial charge in [0.05, 0.1) is 12.0 Å². The SMILES string of the molecule is Cc1c(Cl)cccc1NC(=O)CC1(O)CNC1. The van der Waals surface area contributed by atoms with E-state index in [2.05, 4.69) is 10.6 Å². The van der Waals surface area contributed by atoms with Gasteiger partial charge in [0.25, 0.3) is 0 Å². The number of carbonyl (C=O) groups is 1. The molecule has 1 heterocycles. The standard InChI is InChI=1S/C12H15ClN2O2/c1-8-9(13)3-2-4-10(8)15-11(16)5-12(17)6-14-7-12/h2-4,14,17H,5-7H2,1H3,(H,15,16). The molecule has 0 aromatic heterocycles. The Morgan fingerprint density at radius 1 is 1.59 bits per heavy atom. The van der Waals surface area contributed by atoms with Gasteiger partial charge in [-0.05, 0) is 24.6 Å². The monoisotopic (exact) mass is 254 g/mol. The molecule has 0 unspecified atom stereocenters. The first-order valence-corrected chi connectivity index (χ1v) is 5.86. The van der Waals surface area contributed by atoms with Gasteiger partial charge in [-0.25, -0.2) is 0 Å². The number of halogens is 1. The van der Waals surface area contributed by atoms with E-state index in [9.17, 15) is 9.90 Å². The Kier molecular flexibility index (Phi) is 3.38. The molecule has 1 aliphatic heterocycles. The summed E-state index contributed by atoms with van der Waals surface area (Å²) >= 11 is 5.96. The van der Waals surface area contributed by atoms with Crippen molar-refractivity contribution in [1.82, 2.24) is 5.32 Å². The lowest BCUT2D eigenvalue weighted by Gasteiger charge is -2.36. The zero-order valence-electron chi connectivity index (χ0n) is 9.59. The fourth-order valence-corrected chi connectivity index (χ4v) is 1.95. The van der Waals surface area contributed by atoms with Gasteiger partial charge in [0.2, 0.25) is 5.91 Å². The molecule has 5 heteroatoms. The van der Waals surface area contributed by atoms with Gasteiger partial charge in [-0.15, -0.1) is 0 Å². The first-order valence-electron chi connectivity index (χ1n) is 5.48. The number of rotatable bonds is 3. The second-order valence-corrected chi connectivity index (χ2v) is 4.87. The molecule has 1 fully saturated rings. The average molecular weight is 255 g/mol. The van der Waals surface area contributed by atoms with Crippen LogP contribution in [-0.4, -0.2) is 29.7 Å². The van der Waals surface area contributed by atoms with E-state index in [4.69, 9.17) is 11.6 Å². The van der Waals surface area contributed by atoms with Crippen LogP contribution in [-0.2, 0) is 4.79 Å². The van der Waals surface area contributed by atoms with Gasteiger partial charge in [0, 0.05) is 23.8 Å². The molecule has 0 aliphatic carbocycles. The van der Waals surface area contributed by atoms with E-state index in [1.165, 1.54) is 0 Å². The topological polar surface area (TPSA) is 61.4 Å². The molecule has 1 aromatic carbocycles. The molecule has 0 spiro atoms. The van der Waals surface area contributed by atoms with E-state index in [0.717, 1.165) is 5.56 Å². The molecule has 0 bridgehead atoms. The quantitative estimate of drug-likeness (QED) is 0.762. The summed E-state index contributed by atoms with van der Waals surface area (Å²) in [7, 11) is 0. The minimum Gasteiger partial charge on any atom is -0.387 e. The Hall–Kier alpha value is -1.10. The predicted octanol–water partition coefficient (Wildman–Crippen LogP) is 1.31. The third-order valence-electron chi connectivity index (χ3n) is 2.94. The summed E-state index contributed by atoms with van der Waals surface area (Å²) in [5, 5.41) is 16.2. The summed E-state index contributed by atoms with van der Waals surface area (Å²) in [5.41, 5.74) is 0.635. The van der Waals surface area contributed by atoms with Gasteiger partial charge < -0.3 is 15.7 Å². The lowest BCUT2D eigenvalue weighted by atomic mass is 9.93. The predicted molar refractivity (Wildman–Crippen MR) is 67.3 cm³/mol. The Labute approximate surface area is 105 Å². The van der Waals surface area contributed by atoms with Crippen LogP contribution in [0.3, 0.4) is 0 Å². The number of β-amino-alcohol motifs (C(OH)–C–C–N with tert-alkyl or cyclic N) is 1. The number of benzene rings is 1. The molecule has 1 aliphatic rings. The van der Waals surface area contributed by atoms with E-state index in [-0.39, 0.29) is 12.3 Å². The fourth-order valence-electron chi connectivity index (χ4n) is 1.77. The van der Waals surface area contributed by atoms with Crippen molar-refractivity contribution in [3.05, 3.63) is 28.8 Å². The van der Waals surface area contributed by atoms with Crippen molar-refractivity contribution in [2.75, 3.05) is 18.4 Å². The molecule has 4 nitrogen and oxygen atoms in total. The van der Waals surface area contributed by atoms with Crippen molar-refractivity contribution in [2.45, 2.75) is 18.9 Å². The van der Waals surface area contributed by atoms with E-state index >= 15 is 0 Å². The van der Waals surface area contributed by atoms with Gasteiger partial charge in [-0.2, -0.15) is 0 Å². The largest absolute Gasteiger partial charge is 0.387 e. The smallest absolute Gasteiger partial charge is 0.227 e. The summed E-state index contributed by atoms with van der Waals surface area (Å²) in [6, 6.07) is 5.35. The van der Waals surface area contributed by atoms with Crippen LogP contribution in [0, 0.1) is 6.92 Å². The normalized spacial score (nSPS) is 17.4. The van der Waals surface area contributed by atoms with Crippen LogP contribution in [0.2, 0.25) is 5.02 Å². The summed E-state index contributed by atoms with van der Waals surface area (Å²) in [6.45, 7) is 2.78. The fraction of sp³-hybridized carbons (Fsp3) is 0.417. The first-order chi connectivity index (χ1) is 8.00. The Bertz CT molecular complexity index is 444. The number of hydrogen-bond donors (Lipinski definition) is 3. The van der Waals surface area contributed by atoms with Gasteiger partial charge in [-0.1, -0.05) is 17.7 Å². The van der Waals surface area contributed by atoms with Crippen LogP contribution in [0.15, 0.2) is 18.2 Å². The van der Waals surface area contributed by atoms with Crippen LogP contribution < -0.4 is 10.6 Å². The zero-order chi connectivity index (χ0) is 12.5. The van der Waals surface area contributed by atoms with Crippen LogP contribution in [0.1, 0.15) is 12.0 Å². The highest BCUT2D eigenvalue weighted by Crippen LogP contribution is 2.24. The zero-order valence-corrected chi connectivity index (χ0v) is 10.3. The van der Waals surface area contributed by atoms with Crippen molar-refractivity contribution in [3.8, 4) is 0 Å². The van der Waals surface area contributed by atoms with Crippen LogP contribution >= 0.6 is 11.6 Å². The minimum absolute atomic E-state index is 0.103. The number of amides is 1.